The number of aliphatic carboxylic acids is 1. The van der Waals surface area contributed by atoms with E-state index in [1.54, 1.807) is 0 Å². The summed E-state index contributed by atoms with van der Waals surface area (Å²) >= 11 is 0. The Morgan fingerprint density at radius 3 is 2.48 bits per heavy atom. The first-order valence-electron chi connectivity index (χ1n) is 7.58. The molecule has 1 amide bonds. The quantitative estimate of drug-likeness (QED) is 0.735. The highest BCUT2D eigenvalue weighted by Crippen LogP contribution is 2.08. The summed E-state index contributed by atoms with van der Waals surface area (Å²) in [7, 11) is 0. The van der Waals surface area contributed by atoms with Crippen molar-refractivity contribution in [3.63, 3.8) is 0 Å². The highest BCUT2D eigenvalue weighted by molar-refractivity contribution is 5.77. The van der Waals surface area contributed by atoms with Crippen LogP contribution in [0.3, 0.4) is 0 Å². The molecule has 4 nitrogen and oxygen atoms in total. The molecule has 0 aromatic heterocycles. The molecule has 0 aliphatic carbocycles. The average Bonchev–Trinajstić information content (AvgIpc) is 2.45. The Morgan fingerprint density at radius 2 is 1.90 bits per heavy atom. The van der Waals surface area contributed by atoms with E-state index in [1.165, 1.54) is 11.1 Å². The van der Waals surface area contributed by atoms with Gasteiger partial charge in [0.2, 0.25) is 5.91 Å². The van der Waals surface area contributed by atoms with Crippen molar-refractivity contribution in [3.05, 3.63) is 35.4 Å². The Morgan fingerprint density at radius 1 is 1.24 bits per heavy atom. The van der Waals surface area contributed by atoms with Crippen LogP contribution in [0.25, 0.3) is 0 Å². The molecule has 0 heterocycles. The molecule has 0 aliphatic heterocycles. The molecule has 1 unspecified atom stereocenters. The molecular formula is C17H25NO3. The lowest BCUT2D eigenvalue weighted by atomic mass is 10.0. The molecule has 0 spiro atoms. The normalized spacial score (nSPS) is 11.9. The van der Waals surface area contributed by atoms with Gasteiger partial charge in [-0.15, -0.1) is 0 Å². The van der Waals surface area contributed by atoms with Gasteiger partial charge in [-0.2, -0.15) is 0 Å². The fraction of sp³-hybridized carbons (Fsp3) is 0.529. The van der Waals surface area contributed by atoms with Crippen molar-refractivity contribution in [1.82, 2.24) is 5.32 Å². The topological polar surface area (TPSA) is 66.4 Å². The van der Waals surface area contributed by atoms with Crippen LogP contribution in [0.4, 0.5) is 0 Å². The summed E-state index contributed by atoms with van der Waals surface area (Å²) in [6.07, 6.45) is 3.48. The minimum atomic E-state index is -0.836. The monoisotopic (exact) mass is 291 g/mol. The molecule has 2 N–H and O–H groups in total. The summed E-state index contributed by atoms with van der Waals surface area (Å²) in [6, 6.07) is 8.29. The number of carboxylic acid groups (broad SMARTS) is 1. The van der Waals surface area contributed by atoms with Gasteiger partial charge in [-0.3, -0.25) is 9.59 Å². The lowest BCUT2D eigenvalue weighted by molar-refractivity contribution is -0.141. The van der Waals surface area contributed by atoms with Crippen LogP contribution in [0.1, 0.15) is 43.7 Å². The molecule has 0 bridgehead atoms. The highest BCUT2D eigenvalue weighted by atomic mass is 16.4. The van der Waals surface area contributed by atoms with Gasteiger partial charge in [0.25, 0.3) is 0 Å². The highest BCUT2D eigenvalue weighted by Gasteiger charge is 2.16. The molecule has 1 rings (SSSR count). The van der Waals surface area contributed by atoms with Crippen LogP contribution in [0.15, 0.2) is 24.3 Å². The number of rotatable bonds is 9. The van der Waals surface area contributed by atoms with Gasteiger partial charge in [0, 0.05) is 13.0 Å². The van der Waals surface area contributed by atoms with Crippen molar-refractivity contribution < 1.29 is 14.7 Å². The van der Waals surface area contributed by atoms with Gasteiger partial charge in [-0.1, -0.05) is 43.2 Å². The van der Waals surface area contributed by atoms with Crippen molar-refractivity contribution in [2.45, 2.75) is 46.0 Å². The first-order valence-corrected chi connectivity index (χ1v) is 7.58. The number of carboxylic acids is 1. The van der Waals surface area contributed by atoms with Crippen LogP contribution in [-0.4, -0.2) is 23.5 Å². The number of aryl methyl sites for hydroxylation is 2. The Labute approximate surface area is 126 Å². The molecule has 21 heavy (non-hydrogen) atoms. The molecule has 0 aliphatic rings. The van der Waals surface area contributed by atoms with Gasteiger partial charge < -0.3 is 10.4 Å². The zero-order valence-corrected chi connectivity index (χ0v) is 12.9. The Kier molecular flexibility index (Phi) is 7.51. The fourth-order valence-corrected chi connectivity index (χ4v) is 2.19. The van der Waals surface area contributed by atoms with E-state index >= 15 is 0 Å². The fourth-order valence-electron chi connectivity index (χ4n) is 2.19. The molecule has 1 aromatic carbocycles. The SMILES string of the molecule is CCCC(CNC(=O)CCCc1ccc(C)cc1)C(=O)O. The van der Waals surface area contributed by atoms with Crippen molar-refractivity contribution in [2.75, 3.05) is 6.54 Å². The maximum Gasteiger partial charge on any atom is 0.308 e. The number of nitrogens with one attached hydrogen (secondary N) is 1. The molecular weight excluding hydrogens is 266 g/mol. The first-order chi connectivity index (χ1) is 10.0. The number of hydrogen-bond acceptors (Lipinski definition) is 2. The van der Waals surface area contributed by atoms with Gasteiger partial charge in [-0.05, 0) is 31.7 Å². The van der Waals surface area contributed by atoms with Crippen LogP contribution in [0, 0.1) is 12.8 Å². The van der Waals surface area contributed by atoms with Crippen LogP contribution in [-0.2, 0) is 16.0 Å². The predicted octanol–water partition coefficient (Wildman–Crippen LogP) is 2.93. The third kappa shape index (κ3) is 6.93. The summed E-state index contributed by atoms with van der Waals surface area (Å²) in [6.45, 7) is 4.22. The maximum absolute atomic E-state index is 11.7. The molecule has 0 saturated carbocycles. The third-order valence-electron chi connectivity index (χ3n) is 3.52. The Hall–Kier alpha value is -1.84. The molecule has 1 aromatic rings. The largest absolute Gasteiger partial charge is 0.481 e. The number of amides is 1. The van der Waals surface area contributed by atoms with E-state index in [0.29, 0.717) is 12.8 Å². The lowest BCUT2D eigenvalue weighted by Crippen LogP contribution is -2.32. The summed E-state index contributed by atoms with van der Waals surface area (Å²) in [4.78, 5) is 22.7. The second kappa shape index (κ2) is 9.16. The number of carbonyl (C=O) groups excluding carboxylic acids is 1. The summed E-state index contributed by atoms with van der Waals surface area (Å²) in [5.41, 5.74) is 2.45. The molecule has 0 radical (unpaired) electrons. The summed E-state index contributed by atoms with van der Waals surface area (Å²) in [5.74, 6) is -1.38. The third-order valence-corrected chi connectivity index (χ3v) is 3.52. The average molecular weight is 291 g/mol. The zero-order chi connectivity index (χ0) is 15.7. The minimum Gasteiger partial charge on any atom is -0.481 e. The molecule has 116 valence electrons. The Balaban J connectivity index is 2.24. The lowest BCUT2D eigenvalue weighted by Gasteiger charge is -2.12. The minimum absolute atomic E-state index is 0.0653. The van der Waals surface area contributed by atoms with Crippen molar-refractivity contribution in [1.29, 1.82) is 0 Å². The van der Waals surface area contributed by atoms with Gasteiger partial charge >= 0.3 is 5.97 Å². The van der Waals surface area contributed by atoms with Crippen molar-refractivity contribution in [2.24, 2.45) is 5.92 Å². The second-order valence-corrected chi connectivity index (χ2v) is 5.47. The zero-order valence-electron chi connectivity index (χ0n) is 12.9. The van der Waals surface area contributed by atoms with E-state index in [9.17, 15) is 9.59 Å². The summed E-state index contributed by atoms with van der Waals surface area (Å²) in [5, 5.41) is 11.7. The molecule has 0 fully saturated rings. The Bertz CT molecular complexity index is 454. The van der Waals surface area contributed by atoms with E-state index in [1.807, 2.05) is 13.8 Å². The van der Waals surface area contributed by atoms with Crippen LogP contribution >= 0.6 is 0 Å². The van der Waals surface area contributed by atoms with Crippen molar-refractivity contribution in [3.8, 4) is 0 Å². The van der Waals surface area contributed by atoms with E-state index in [0.717, 1.165) is 19.3 Å². The van der Waals surface area contributed by atoms with E-state index in [2.05, 4.69) is 29.6 Å². The smallest absolute Gasteiger partial charge is 0.308 e. The number of benzene rings is 1. The predicted molar refractivity (Wildman–Crippen MR) is 83.2 cm³/mol. The van der Waals surface area contributed by atoms with Gasteiger partial charge in [-0.25, -0.2) is 0 Å². The second-order valence-electron chi connectivity index (χ2n) is 5.47. The first kappa shape index (κ1) is 17.2. The number of hydrogen-bond donors (Lipinski definition) is 2. The maximum atomic E-state index is 11.7. The van der Waals surface area contributed by atoms with Crippen LogP contribution in [0.5, 0.6) is 0 Å². The van der Waals surface area contributed by atoms with E-state index < -0.39 is 11.9 Å². The van der Waals surface area contributed by atoms with Gasteiger partial charge in [0.05, 0.1) is 5.92 Å². The molecule has 1 atom stereocenters. The van der Waals surface area contributed by atoms with Crippen LogP contribution < -0.4 is 5.32 Å². The number of carbonyl (C=O) groups is 2. The van der Waals surface area contributed by atoms with Gasteiger partial charge in [0.1, 0.15) is 0 Å². The molecule has 0 saturated heterocycles. The standard InChI is InChI=1S/C17H25NO3/c1-3-5-15(17(20)21)12-18-16(19)7-4-6-14-10-8-13(2)9-11-14/h8-11,15H,3-7,12H2,1-2H3,(H,18,19)(H,20,21). The van der Waals surface area contributed by atoms with Crippen molar-refractivity contribution >= 4 is 11.9 Å². The van der Waals surface area contributed by atoms with E-state index in [4.69, 9.17) is 5.11 Å². The molecule has 4 heteroatoms. The van der Waals surface area contributed by atoms with Crippen LogP contribution in [0.2, 0.25) is 0 Å². The van der Waals surface area contributed by atoms with Gasteiger partial charge in [0.15, 0.2) is 0 Å². The summed E-state index contributed by atoms with van der Waals surface area (Å²) < 4.78 is 0. The van der Waals surface area contributed by atoms with E-state index in [-0.39, 0.29) is 12.5 Å².